The first-order chi connectivity index (χ1) is 9.92. The van der Waals surface area contributed by atoms with Gasteiger partial charge in [0.1, 0.15) is 0 Å². The number of nitrogens with one attached hydrogen (secondary N) is 1. The number of nitrogens with two attached hydrogens (primary N) is 1. The van der Waals surface area contributed by atoms with Crippen LogP contribution in [0.3, 0.4) is 0 Å². The number of anilines is 1. The lowest BCUT2D eigenvalue weighted by Gasteiger charge is -2.10. The standard InChI is InChI=1S/C16H20N2O2S/c1-3-13-5-4-6-15(11-13)18-21(19,20)16-9-7-14(8-10-16)12(2)17/h4-12,18H,3,17H2,1-2H3. The van der Waals surface area contributed by atoms with Gasteiger partial charge in [-0.1, -0.05) is 31.2 Å². The minimum Gasteiger partial charge on any atom is -0.324 e. The first-order valence-corrected chi connectivity index (χ1v) is 8.38. The van der Waals surface area contributed by atoms with Gasteiger partial charge in [-0.2, -0.15) is 0 Å². The van der Waals surface area contributed by atoms with Gasteiger partial charge < -0.3 is 5.73 Å². The molecule has 112 valence electrons. The Hall–Kier alpha value is -1.85. The van der Waals surface area contributed by atoms with Crippen LogP contribution in [-0.2, 0) is 16.4 Å². The minimum atomic E-state index is -3.57. The largest absolute Gasteiger partial charge is 0.324 e. The molecule has 4 nitrogen and oxygen atoms in total. The van der Waals surface area contributed by atoms with E-state index in [4.69, 9.17) is 5.73 Å². The van der Waals surface area contributed by atoms with Crippen molar-refractivity contribution in [3.05, 3.63) is 59.7 Å². The molecule has 0 aliphatic heterocycles. The number of hydrogen-bond acceptors (Lipinski definition) is 3. The fraction of sp³-hybridized carbons (Fsp3) is 0.250. The summed E-state index contributed by atoms with van der Waals surface area (Å²) in [5, 5.41) is 0. The molecule has 1 unspecified atom stereocenters. The molecule has 2 aromatic rings. The molecule has 0 aromatic heterocycles. The van der Waals surface area contributed by atoms with Gasteiger partial charge in [-0.25, -0.2) is 8.42 Å². The van der Waals surface area contributed by atoms with E-state index >= 15 is 0 Å². The molecule has 0 fully saturated rings. The molecule has 3 N–H and O–H groups in total. The van der Waals surface area contributed by atoms with Crippen molar-refractivity contribution in [2.45, 2.75) is 31.2 Å². The summed E-state index contributed by atoms with van der Waals surface area (Å²) in [6, 6.07) is 13.9. The number of rotatable bonds is 5. The molecule has 21 heavy (non-hydrogen) atoms. The summed E-state index contributed by atoms with van der Waals surface area (Å²) in [5.41, 5.74) is 8.33. The third-order valence-corrected chi connectivity index (χ3v) is 4.70. The Balaban J connectivity index is 2.25. The van der Waals surface area contributed by atoms with Crippen molar-refractivity contribution in [2.24, 2.45) is 5.73 Å². The Kier molecular flexibility index (Phi) is 4.65. The van der Waals surface area contributed by atoms with Gasteiger partial charge in [0.15, 0.2) is 0 Å². The molecular formula is C16H20N2O2S. The Bertz CT molecular complexity index is 707. The molecular weight excluding hydrogens is 284 g/mol. The molecule has 2 aromatic carbocycles. The van der Waals surface area contributed by atoms with E-state index in [-0.39, 0.29) is 10.9 Å². The van der Waals surface area contributed by atoms with Gasteiger partial charge in [-0.05, 0) is 48.7 Å². The van der Waals surface area contributed by atoms with Crippen molar-refractivity contribution >= 4 is 15.7 Å². The molecule has 0 saturated heterocycles. The quantitative estimate of drug-likeness (QED) is 0.891. The zero-order chi connectivity index (χ0) is 15.5. The lowest BCUT2D eigenvalue weighted by atomic mass is 10.1. The van der Waals surface area contributed by atoms with Crippen LogP contribution >= 0.6 is 0 Å². The van der Waals surface area contributed by atoms with E-state index in [2.05, 4.69) is 4.72 Å². The van der Waals surface area contributed by atoms with Crippen LogP contribution in [0.25, 0.3) is 0 Å². The van der Waals surface area contributed by atoms with Crippen molar-refractivity contribution < 1.29 is 8.42 Å². The van der Waals surface area contributed by atoms with Crippen LogP contribution in [0.4, 0.5) is 5.69 Å². The van der Waals surface area contributed by atoms with E-state index in [9.17, 15) is 8.42 Å². The summed E-state index contributed by atoms with van der Waals surface area (Å²) < 4.78 is 27.3. The predicted molar refractivity (Wildman–Crippen MR) is 85.7 cm³/mol. The van der Waals surface area contributed by atoms with Crippen molar-refractivity contribution in [3.63, 3.8) is 0 Å². The van der Waals surface area contributed by atoms with Gasteiger partial charge in [0.05, 0.1) is 4.90 Å². The SMILES string of the molecule is CCc1cccc(NS(=O)(=O)c2ccc(C(C)N)cc2)c1. The summed E-state index contributed by atoms with van der Waals surface area (Å²) in [5.74, 6) is 0. The maximum atomic E-state index is 12.3. The molecule has 0 saturated carbocycles. The molecule has 5 heteroatoms. The zero-order valence-electron chi connectivity index (χ0n) is 12.2. The van der Waals surface area contributed by atoms with Gasteiger partial charge >= 0.3 is 0 Å². The second-order valence-corrected chi connectivity index (χ2v) is 6.70. The molecule has 0 heterocycles. The van der Waals surface area contributed by atoms with E-state index in [0.29, 0.717) is 5.69 Å². The van der Waals surface area contributed by atoms with E-state index < -0.39 is 10.0 Å². The van der Waals surface area contributed by atoms with Crippen LogP contribution in [0.2, 0.25) is 0 Å². The van der Waals surface area contributed by atoms with Crippen LogP contribution in [0, 0.1) is 0 Å². The maximum absolute atomic E-state index is 12.3. The predicted octanol–water partition coefficient (Wildman–Crippen LogP) is 3.07. The minimum absolute atomic E-state index is 0.115. The van der Waals surface area contributed by atoms with Gasteiger partial charge in [0, 0.05) is 11.7 Å². The highest BCUT2D eigenvalue weighted by molar-refractivity contribution is 7.92. The average molecular weight is 304 g/mol. The van der Waals surface area contributed by atoms with Crippen molar-refractivity contribution in [2.75, 3.05) is 4.72 Å². The normalized spacial score (nSPS) is 12.9. The number of aryl methyl sites for hydroxylation is 1. The lowest BCUT2D eigenvalue weighted by Crippen LogP contribution is -2.13. The molecule has 0 aliphatic carbocycles. The molecule has 0 radical (unpaired) electrons. The number of hydrogen-bond donors (Lipinski definition) is 2. The van der Waals surface area contributed by atoms with Gasteiger partial charge in [0.25, 0.3) is 10.0 Å². The second kappa shape index (κ2) is 6.28. The van der Waals surface area contributed by atoms with Crippen molar-refractivity contribution in [1.82, 2.24) is 0 Å². The second-order valence-electron chi connectivity index (χ2n) is 5.02. The molecule has 0 bridgehead atoms. The van der Waals surface area contributed by atoms with E-state index in [1.165, 1.54) is 0 Å². The van der Waals surface area contributed by atoms with Gasteiger partial charge in [-0.15, -0.1) is 0 Å². The van der Waals surface area contributed by atoms with Crippen LogP contribution in [0.1, 0.15) is 31.0 Å². The highest BCUT2D eigenvalue weighted by Crippen LogP contribution is 2.19. The Morgan fingerprint density at radius 3 is 2.38 bits per heavy atom. The van der Waals surface area contributed by atoms with Gasteiger partial charge in [0.2, 0.25) is 0 Å². The number of sulfonamides is 1. The summed E-state index contributed by atoms with van der Waals surface area (Å²) >= 11 is 0. The summed E-state index contributed by atoms with van der Waals surface area (Å²) in [7, 11) is -3.57. The van der Waals surface area contributed by atoms with Crippen molar-refractivity contribution in [3.8, 4) is 0 Å². The van der Waals surface area contributed by atoms with E-state index in [1.807, 2.05) is 32.0 Å². The fourth-order valence-electron chi connectivity index (χ4n) is 2.02. The maximum Gasteiger partial charge on any atom is 0.261 e. The fourth-order valence-corrected chi connectivity index (χ4v) is 3.07. The highest BCUT2D eigenvalue weighted by Gasteiger charge is 2.14. The van der Waals surface area contributed by atoms with Crippen LogP contribution < -0.4 is 10.5 Å². The molecule has 0 aliphatic rings. The average Bonchev–Trinajstić information content (AvgIpc) is 2.47. The Labute approximate surface area is 126 Å². The molecule has 1 atom stereocenters. The molecule has 0 spiro atoms. The van der Waals surface area contributed by atoms with E-state index in [0.717, 1.165) is 17.5 Å². The molecule has 2 rings (SSSR count). The molecule has 0 amide bonds. The van der Waals surface area contributed by atoms with Crippen LogP contribution in [0.15, 0.2) is 53.4 Å². The third kappa shape index (κ3) is 3.83. The first kappa shape index (κ1) is 15.5. The van der Waals surface area contributed by atoms with E-state index in [1.54, 1.807) is 30.3 Å². The van der Waals surface area contributed by atoms with Crippen LogP contribution in [0.5, 0.6) is 0 Å². The monoisotopic (exact) mass is 304 g/mol. The van der Waals surface area contributed by atoms with Crippen LogP contribution in [-0.4, -0.2) is 8.42 Å². The lowest BCUT2D eigenvalue weighted by molar-refractivity contribution is 0.601. The summed E-state index contributed by atoms with van der Waals surface area (Å²) in [6.07, 6.45) is 0.860. The highest BCUT2D eigenvalue weighted by atomic mass is 32.2. The van der Waals surface area contributed by atoms with Crippen molar-refractivity contribution in [1.29, 1.82) is 0 Å². The summed E-state index contributed by atoms with van der Waals surface area (Å²) in [4.78, 5) is 0.230. The third-order valence-electron chi connectivity index (χ3n) is 3.30. The Morgan fingerprint density at radius 2 is 1.81 bits per heavy atom. The smallest absolute Gasteiger partial charge is 0.261 e. The summed E-state index contributed by atoms with van der Waals surface area (Å²) in [6.45, 7) is 3.89. The zero-order valence-corrected chi connectivity index (χ0v) is 13.0. The topological polar surface area (TPSA) is 72.2 Å². The Morgan fingerprint density at radius 1 is 1.14 bits per heavy atom. The first-order valence-electron chi connectivity index (χ1n) is 6.89. The number of benzene rings is 2. The van der Waals surface area contributed by atoms with Gasteiger partial charge in [-0.3, -0.25) is 4.72 Å².